The van der Waals surface area contributed by atoms with Gasteiger partial charge in [-0.15, -0.1) is 0 Å². The van der Waals surface area contributed by atoms with Crippen LogP contribution in [0.2, 0.25) is 0 Å². The van der Waals surface area contributed by atoms with Gasteiger partial charge in [0.2, 0.25) is 0 Å². The topological polar surface area (TPSA) is 38.0 Å². The van der Waals surface area contributed by atoms with E-state index in [0.29, 0.717) is 6.54 Å². The van der Waals surface area contributed by atoms with Gasteiger partial charge in [-0.2, -0.15) is 0 Å². The fourth-order valence-corrected chi connectivity index (χ4v) is 1.96. The second kappa shape index (κ2) is 12.6. The maximum Gasteiger partial charge on any atom is 0.0443 e. The first kappa shape index (κ1) is 18.6. The first-order valence-corrected chi connectivity index (χ1v) is 7.97. The van der Waals surface area contributed by atoms with E-state index in [0.717, 1.165) is 11.3 Å². The van der Waals surface area contributed by atoms with Crippen molar-refractivity contribution in [3.8, 4) is 0 Å². The third kappa shape index (κ3) is 7.22. The molecule has 0 unspecified atom stereocenters. The first-order valence-electron chi connectivity index (χ1n) is 7.15. The van der Waals surface area contributed by atoms with Crippen LogP contribution in [0, 0.1) is 0 Å². The van der Waals surface area contributed by atoms with Gasteiger partial charge in [0.15, 0.2) is 0 Å². The van der Waals surface area contributed by atoms with Crippen LogP contribution in [0.1, 0.15) is 33.3 Å². The number of para-hydroxylation sites is 1. The summed E-state index contributed by atoms with van der Waals surface area (Å²) in [5, 5.41) is 0. The summed E-state index contributed by atoms with van der Waals surface area (Å²) in [4.78, 5) is 1.18. The van der Waals surface area contributed by atoms with Crippen molar-refractivity contribution in [1.29, 1.82) is 0 Å². The summed E-state index contributed by atoms with van der Waals surface area (Å²) in [6, 6.07) is 18.4. The Labute approximate surface area is 127 Å². The molecule has 20 heavy (non-hydrogen) atoms. The molecular weight excluding hydrogens is 264 g/mol. The Kier molecular flexibility index (Phi) is 11.7. The number of nitrogens with one attached hydrogen (secondary N) is 1. The number of hydrogen-bond donors (Lipinski definition) is 2. The number of anilines is 1. The van der Waals surface area contributed by atoms with Crippen LogP contribution in [0.15, 0.2) is 59.5 Å². The monoisotopic (exact) mass is 290 g/mol. The lowest BCUT2D eigenvalue weighted by atomic mass is 10.2. The van der Waals surface area contributed by atoms with Crippen molar-refractivity contribution in [3.05, 3.63) is 60.2 Å². The molecule has 0 aliphatic heterocycles. The predicted octanol–water partition coefficient (Wildman–Crippen LogP) is 5.32. The third-order valence-corrected chi connectivity index (χ3v) is 3.07. The highest BCUT2D eigenvalue weighted by Gasteiger charge is 1.95. The van der Waals surface area contributed by atoms with E-state index >= 15 is 0 Å². The standard InChI is InChI=1S/C13H14N2S.2C2H6/c14-10-11-6-8-13(9-7-11)16-15-12-4-2-1-3-5-12;2*1-2/h1-9,15H,10,14H2;2*1-2H3. The molecule has 2 rings (SSSR count). The molecule has 0 amide bonds. The minimum atomic E-state index is 0.594. The van der Waals surface area contributed by atoms with Crippen LogP contribution >= 0.6 is 11.9 Å². The van der Waals surface area contributed by atoms with E-state index in [1.54, 1.807) is 11.9 Å². The largest absolute Gasteiger partial charge is 0.326 e. The summed E-state index contributed by atoms with van der Waals surface area (Å²) in [5.41, 5.74) is 7.81. The molecule has 0 aliphatic rings. The van der Waals surface area contributed by atoms with Crippen molar-refractivity contribution in [1.82, 2.24) is 0 Å². The van der Waals surface area contributed by atoms with E-state index in [1.807, 2.05) is 58.0 Å². The van der Waals surface area contributed by atoms with Gasteiger partial charge in [0.25, 0.3) is 0 Å². The summed E-state index contributed by atoms with van der Waals surface area (Å²) in [7, 11) is 0. The molecule has 0 fully saturated rings. The predicted molar refractivity (Wildman–Crippen MR) is 93.0 cm³/mol. The number of benzene rings is 2. The van der Waals surface area contributed by atoms with E-state index in [9.17, 15) is 0 Å². The van der Waals surface area contributed by atoms with Gasteiger partial charge in [-0.25, -0.2) is 0 Å². The van der Waals surface area contributed by atoms with Gasteiger partial charge in [0.05, 0.1) is 0 Å². The molecule has 2 nitrogen and oxygen atoms in total. The highest BCUT2D eigenvalue weighted by atomic mass is 32.2. The zero-order valence-corrected chi connectivity index (χ0v) is 13.7. The van der Waals surface area contributed by atoms with Crippen LogP contribution in [-0.2, 0) is 6.54 Å². The van der Waals surface area contributed by atoms with Crippen LogP contribution in [0.25, 0.3) is 0 Å². The summed E-state index contributed by atoms with van der Waals surface area (Å²) >= 11 is 1.60. The van der Waals surface area contributed by atoms with Crippen molar-refractivity contribution in [2.24, 2.45) is 5.73 Å². The fraction of sp³-hybridized carbons (Fsp3) is 0.294. The van der Waals surface area contributed by atoms with Gasteiger partial charge in [-0.1, -0.05) is 58.0 Å². The Morgan fingerprint density at radius 1 is 0.850 bits per heavy atom. The van der Waals surface area contributed by atoms with Crippen LogP contribution in [0.3, 0.4) is 0 Å². The van der Waals surface area contributed by atoms with Crippen LogP contribution < -0.4 is 10.5 Å². The second-order valence-corrected chi connectivity index (χ2v) is 4.30. The van der Waals surface area contributed by atoms with Gasteiger partial charge in [-0.3, -0.25) is 0 Å². The van der Waals surface area contributed by atoms with Crippen molar-refractivity contribution in [2.45, 2.75) is 39.1 Å². The van der Waals surface area contributed by atoms with Gasteiger partial charge in [0.1, 0.15) is 0 Å². The molecule has 0 aliphatic carbocycles. The van der Waals surface area contributed by atoms with Crippen molar-refractivity contribution < 1.29 is 0 Å². The molecule has 3 heteroatoms. The third-order valence-electron chi connectivity index (χ3n) is 2.22. The smallest absolute Gasteiger partial charge is 0.0443 e. The number of rotatable bonds is 4. The number of nitrogens with two attached hydrogens (primary N) is 1. The molecule has 0 spiro atoms. The van der Waals surface area contributed by atoms with Gasteiger partial charge in [-0.05, 0) is 41.8 Å². The quantitative estimate of drug-likeness (QED) is 0.749. The Morgan fingerprint density at radius 3 is 1.90 bits per heavy atom. The molecule has 0 heterocycles. The van der Waals surface area contributed by atoms with Crippen LogP contribution in [0.5, 0.6) is 0 Å². The first-order chi connectivity index (χ1) is 9.88. The van der Waals surface area contributed by atoms with Crippen molar-refractivity contribution >= 4 is 17.6 Å². The SMILES string of the molecule is CC.CC.NCc1ccc(SNc2ccccc2)cc1. The van der Waals surface area contributed by atoms with Crippen molar-refractivity contribution in [3.63, 3.8) is 0 Å². The van der Waals surface area contributed by atoms with Crippen LogP contribution in [-0.4, -0.2) is 0 Å². The average molecular weight is 290 g/mol. The molecule has 0 saturated heterocycles. The molecular formula is C17H26N2S. The highest BCUT2D eigenvalue weighted by molar-refractivity contribution is 8.00. The van der Waals surface area contributed by atoms with Gasteiger partial charge in [0, 0.05) is 17.1 Å². The second-order valence-electron chi connectivity index (χ2n) is 3.42. The summed E-state index contributed by atoms with van der Waals surface area (Å²) in [6.45, 7) is 8.59. The molecule has 0 aromatic heterocycles. The Balaban J connectivity index is 0.000000829. The Hall–Kier alpha value is -1.45. The molecule has 0 atom stereocenters. The van der Waals surface area contributed by atoms with Crippen LogP contribution in [0.4, 0.5) is 5.69 Å². The zero-order valence-electron chi connectivity index (χ0n) is 12.9. The lowest BCUT2D eigenvalue weighted by molar-refractivity contribution is 1.07. The number of hydrogen-bond acceptors (Lipinski definition) is 3. The van der Waals surface area contributed by atoms with Crippen molar-refractivity contribution in [2.75, 3.05) is 4.72 Å². The molecule has 110 valence electrons. The fourth-order valence-electron chi connectivity index (χ4n) is 1.32. The van der Waals surface area contributed by atoms with E-state index in [2.05, 4.69) is 29.0 Å². The van der Waals surface area contributed by atoms with E-state index < -0.39 is 0 Å². The van der Waals surface area contributed by atoms with Gasteiger partial charge >= 0.3 is 0 Å². The maximum absolute atomic E-state index is 5.54. The van der Waals surface area contributed by atoms with Gasteiger partial charge < -0.3 is 10.5 Å². The average Bonchev–Trinajstić information content (AvgIpc) is 2.58. The van der Waals surface area contributed by atoms with E-state index in [4.69, 9.17) is 5.73 Å². The normalized spacial score (nSPS) is 8.65. The molecule has 3 N–H and O–H groups in total. The molecule has 2 aromatic rings. The summed E-state index contributed by atoms with van der Waals surface area (Å²) in [6.07, 6.45) is 0. The summed E-state index contributed by atoms with van der Waals surface area (Å²) in [5.74, 6) is 0. The Morgan fingerprint density at radius 2 is 1.40 bits per heavy atom. The lowest BCUT2D eigenvalue weighted by Gasteiger charge is -2.05. The molecule has 2 aromatic carbocycles. The maximum atomic E-state index is 5.54. The molecule has 0 saturated carbocycles. The van der Waals surface area contributed by atoms with E-state index in [-0.39, 0.29) is 0 Å². The van der Waals surface area contributed by atoms with E-state index in [1.165, 1.54) is 4.90 Å². The Bertz CT molecular complexity index is 427. The highest BCUT2D eigenvalue weighted by Crippen LogP contribution is 2.20. The summed E-state index contributed by atoms with van der Waals surface area (Å²) < 4.78 is 3.28. The minimum Gasteiger partial charge on any atom is -0.326 e. The molecule has 0 radical (unpaired) electrons. The molecule has 0 bridgehead atoms. The minimum absolute atomic E-state index is 0.594. The zero-order chi connectivity index (χ0) is 15.2. The lowest BCUT2D eigenvalue weighted by Crippen LogP contribution is -1.95.